The number of nitrogens with one attached hydrogen (secondary N) is 3. The van der Waals surface area contributed by atoms with Crippen LogP contribution in [0.25, 0.3) is 10.9 Å². The van der Waals surface area contributed by atoms with Crippen LogP contribution in [0.15, 0.2) is 71.4 Å². The number of para-hydroxylation sites is 1. The third-order valence-corrected chi connectivity index (χ3v) is 9.46. The highest BCUT2D eigenvalue weighted by molar-refractivity contribution is 6.33. The van der Waals surface area contributed by atoms with Gasteiger partial charge in [0.15, 0.2) is 24.5 Å². The van der Waals surface area contributed by atoms with Crippen LogP contribution >= 0.6 is 11.6 Å². The van der Waals surface area contributed by atoms with Crippen LogP contribution in [0.2, 0.25) is 5.02 Å². The Morgan fingerprint density at radius 1 is 1.17 bits per heavy atom. The molecule has 0 saturated heterocycles. The number of ether oxygens (including phenoxy) is 2. The van der Waals surface area contributed by atoms with E-state index >= 15 is 8.78 Å². The van der Waals surface area contributed by atoms with Crippen molar-refractivity contribution in [2.24, 2.45) is 22.4 Å². The molecule has 288 valence electrons. The number of halogens is 3. The number of fused-ring (bicyclic) bond motifs is 1. The molecular formula is C37H45ClF2N9O5+. The summed E-state index contributed by atoms with van der Waals surface area (Å²) in [7, 11) is 0. The standard InChI is InChI=1S/C37H44ClF2N9O5/c1-4-53-24-15-28(39)26(29(40)16-24)18-49(35-25-9-5-6-10-30(25)47-48-35)19-32(34(44-20-49)46-31-11-13-43-17-27(31)38)54-21(2)14-23(8-7-12-41)33(42)36(50)45-22(3)37(51)52/h5-6,9-11,13,15-17,20-23,33H,4,7-8,12,14,18-19,41-42H2,1-3H3,(H3-,43,45,46,47,48,50,51,52)/p+1/t21?,22-,23?,33-,49?/m0/s1. The van der Waals surface area contributed by atoms with Gasteiger partial charge in [0, 0.05) is 24.5 Å². The number of rotatable bonds is 18. The molecule has 3 heterocycles. The molecule has 14 nitrogen and oxygen atoms in total. The summed E-state index contributed by atoms with van der Waals surface area (Å²) >= 11 is 6.46. The van der Waals surface area contributed by atoms with Crippen LogP contribution in [0.1, 0.15) is 45.6 Å². The van der Waals surface area contributed by atoms with Gasteiger partial charge < -0.3 is 36.7 Å². The average Bonchev–Trinajstić information content (AvgIpc) is 3.58. The van der Waals surface area contributed by atoms with E-state index in [9.17, 15) is 14.7 Å². The van der Waals surface area contributed by atoms with Gasteiger partial charge in [-0.1, -0.05) is 23.7 Å². The second kappa shape index (κ2) is 17.8. The van der Waals surface area contributed by atoms with E-state index in [0.717, 1.165) is 12.1 Å². The van der Waals surface area contributed by atoms with E-state index in [2.05, 4.69) is 25.8 Å². The van der Waals surface area contributed by atoms with E-state index in [-0.39, 0.29) is 47.7 Å². The Morgan fingerprint density at radius 2 is 1.91 bits per heavy atom. The molecule has 17 heteroatoms. The Kier molecular flexibility index (Phi) is 13.2. The monoisotopic (exact) mass is 768 g/mol. The zero-order chi connectivity index (χ0) is 39.0. The molecule has 1 aliphatic rings. The maximum atomic E-state index is 15.8. The number of amides is 1. The van der Waals surface area contributed by atoms with Gasteiger partial charge in [-0.3, -0.25) is 19.7 Å². The average molecular weight is 769 g/mol. The van der Waals surface area contributed by atoms with Crippen molar-refractivity contribution in [3.63, 3.8) is 0 Å². The minimum Gasteiger partial charge on any atom is -0.494 e. The Bertz CT molecular complexity index is 2010. The van der Waals surface area contributed by atoms with Gasteiger partial charge in [0.05, 0.1) is 45.9 Å². The molecule has 8 N–H and O–H groups in total. The van der Waals surface area contributed by atoms with Gasteiger partial charge in [-0.25, -0.2) is 13.3 Å². The molecule has 1 amide bonds. The fraction of sp³-hybridized carbons (Fsp3) is 0.378. The summed E-state index contributed by atoms with van der Waals surface area (Å²) in [4.78, 5) is 33.3. The number of hydrogen-bond acceptors (Lipinski definition) is 10. The second-order valence-corrected chi connectivity index (χ2v) is 13.6. The number of anilines is 1. The maximum absolute atomic E-state index is 15.8. The number of aliphatic imine (C=N–C) groups is 1. The maximum Gasteiger partial charge on any atom is 0.325 e. The fourth-order valence-electron chi connectivity index (χ4n) is 6.39. The SMILES string of the molecule is CCOc1cc(F)c(C[N+]2(c3n[nH]c4ccccc34)C=NC(Nc3ccncc3Cl)=C(OC(C)CC(CCCN)[C@H](N)C(=O)N[C@@H](C)C(=O)O)C2)c(F)c1. The van der Waals surface area contributed by atoms with Crippen LogP contribution in [-0.4, -0.2) is 76.4 Å². The lowest BCUT2D eigenvalue weighted by Crippen LogP contribution is -2.52. The summed E-state index contributed by atoms with van der Waals surface area (Å²) in [5, 5.41) is 23.6. The zero-order valence-electron chi connectivity index (χ0n) is 30.2. The number of carbonyl (C=O) groups excluding carboxylic acids is 1. The molecule has 0 fully saturated rings. The fourth-order valence-corrected chi connectivity index (χ4v) is 6.56. The van der Waals surface area contributed by atoms with Crippen LogP contribution in [0, 0.1) is 17.6 Å². The van der Waals surface area contributed by atoms with Crippen molar-refractivity contribution in [3.8, 4) is 5.75 Å². The van der Waals surface area contributed by atoms with Crippen LogP contribution in [0.3, 0.4) is 0 Å². The number of carboxylic acid groups (broad SMARTS) is 1. The smallest absolute Gasteiger partial charge is 0.325 e. The number of pyridine rings is 1. The highest BCUT2D eigenvalue weighted by atomic mass is 35.5. The molecule has 4 aromatic rings. The van der Waals surface area contributed by atoms with Crippen molar-refractivity contribution < 1.29 is 33.0 Å². The molecule has 0 aliphatic carbocycles. The van der Waals surface area contributed by atoms with Crippen molar-refractivity contribution in [1.82, 2.24) is 25.0 Å². The van der Waals surface area contributed by atoms with Gasteiger partial charge in [-0.2, -0.15) is 4.99 Å². The van der Waals surface area contributed by atoms with Gasteiger partial charge >= 0.3 is 5.97 Å². The molecule has 54 heavy (non-hydrogen) atoms. The molecule has 2 aromatic heterocycles. The van der Waals surface area contributed by atoms with Crippen LogP contribution in [0.4, 0.5) is 20.3 Å². The molecule has 5 atom stereocenters. The van der Waals surface area contributed by atoms with Crippen LogP contribution in [0.5, 0.6) is 5.75 Å². The number of carbonyl (C=O) groups is 2. The number of benzene rings is 2. The predicted octanol–water partition coefficient (Wildman–Crippen LogP) is 5.19. The third kappa shape index (κ3) is 9.31. The first-order valence-corrected chi connectivity index (χ1v) is 17.9. The lowest BCUT2D eigenvalue weighted by molar-refractivity contribution is -0.141. The number of nitrogens with two attached hydrogens (primary N) is 2. The third-order valence-electron chi connectivity index (χ3n) is 9.16. The van der Waals surface area contributed by atoms with Crippen molar-refractivity contribution in [2.75, 3.05) is 25.0 Å². The van der Waals surface area contributed by atoms with Gasteiger partial charge in [0.1, 0.15) is 30.0 Å². The van der Waals surface area contributed by atoms with Crippen LogP contribution < -0.4 is 31.3 Å². The molecule has 1 aliphatic heterocycles. The quantitative estimate of drug-likeness (QED) is 0.0732. The van der Waals surface area contributed by atoms with E-state index < -0.39 is 47.6 Å². The molecule has 5 rings (SSSR count). The Hall–Kier alpha value is -5.16. The normalized spacial score (nSPS) is 17.9. The number of aromatic nitrogens is 3. The van der Waals surface area contributed by atoms with Crippen molar-refractivity contribution in [2.45, 2.75) is 64.8 Å². The summed E-state index contributed by atoms with van der Waals surface area (Å²) in [6, 6.07) is 9.12. The molecule has 0 radical (unpaired) electrons. The number of aliphatic carboxylic acids is 1. The van der Waals surface area contributed by atoms with Crippen molar-refractivity contribution in [1.29, 1.82) is 0 Å². The van der Waals surface area contributed by atoms with Gasteiger partial charge in [-0.05, 0) is 70.7 Å². The van der Waals surface area contributed by atoms with E-state index in [1.807, 2.05) is 24.3 Å². The number of hydrogen-bond donors (Lipinski definition) is 6. The Labute approximate surface area is 316 Å². The van der Waals surface area contributed by atoms with Crippen molar-refractivity contribution in [3.05, 3.63) is 88.7 Å². The molecule has 0 spiro atoms. The number of H-pyrrole nitrogens is 1. The highest BCUT2D eigenvalue weighted by Gasteiger charge is 2.42. The summed E-state index contributed by atoms with van der Waals surface area (Å²) in [5.74, 6) is -2.80. The minimum absolute atomic E-state index is 0.0179. The van der Waals surface area contributed by atoms with Gasteiger partial charge in [0.25, 0.3) is 5.82 Å². The largest absolute Gasteiger partial charge is 0.494 e. The molecule has 0 bridgehead atoms. The van der Waals surface area contributed by atoms with Gasteiger partial charge in [-0.15, -0.1) is 5.10 Å². The summed E-state index contributed by atoms with van der Waals surface area (Å²) in [6.07, 6.45) is 5.25. The first-order chi connectivity index (χ1) is 25.8. The summed E-state index contributed by atoms with van der Waals surface area (Å²) in [5.41, 5.74) is 13.2. The lowest BCUT2D eigenvalue weighted by atomic mass is 9.89. The number of nitrogens with zero attached hydrogens (tertiary/aromatic N) is 4. The van der Waals surface area contributed by atoms with E-state index in [1.54, 1.807) is 32.4 Å². The number of carboxylic acids is 1. The lowest BCUT2D eigenvalue weighted by Gasteiger charge is -2.36. The Morgan fingerprint density at radius 3 is 2.59 bits per heavy atom. The Balaban J connectivity index is 1.55. The van der Waals surface area contributed by atoms with Crippen LogP contribution in [-0.2, 0) is 20.9 Å². The summed E-state index contributed by atoms with van der Waals surface area (Å²) < 4.78 is 43.3. The van der Waals surface area contributed by atoms with E-state index in [1.165, 1.54) is 13.1 Å². The predicted molar refractivity (Wildman–Crippen MR) is 203 cm³/mol. The second-order valence-electron chi connectivity index (χ2n) is 13.2. The minimum atomic E-state index is -1.19. The van der Waals surface area contributed by atoms with E-state index in [4.69, 9.17) is 37.5 Å². The number of quaternary nitrogens is 1. The topological polar surface area (TPSA) is 203 Å². The first kappa shape index (κ1) is 40.0. The molecule has 2 aromatic carbocycles. The summed E-state index contributed by atoms with van der Waals surface area (Å²) in [6.45, 7) is 5.18. The molecule has 3 unspecified atom stereocenters. The highest BCUT2D eigenvalue weighted by Crippen LogP contribution is 2.37. The number of aromatic amines is 1. The zero-order valence-corrected chi connectivity index (χ0v) is 30.9. The van der Waals surface area contributed by atoms with Gasteiger partial charge in [0.2, 0.25) is 5.91 Å². The first-order valence-electron chi connectivity index (χ1n) is 17.6. The molecular weight excluding hydrogens is 724 g/mol. The van der Waals surface area contributed by atoms with E-state index in [0.29, 0.717) is 52.6 Å². The van der Waals surface area contributed by atoms with Crippen molar-refractivity contribution >= 4 is 52.2 Å². The molecule has 0 saturated carbocycles.